The van der Waals surface area contributed by atoms with Crippen molar-refractivity contribution >= 4 is 66.8 Å². The van der Waals surface area contributed by atoms with Gasteiger partial charge in [0.25, 0.3) is 0 Å². The SMILES string of the molecule is Clc1c(Br)ccc2cnn(PI)c12. The van der Waals surface area contributed by atoms with E-state index >= 15 is 0 Å². The fourth-order valence-electron chi connectivity index (χ4n) is 1.12. The van der Waals surface area contributed by atoms with Crippen molar-refractivity contribution in [3.8, 4) is 0 Å². The minimum Gasteiger partial charge on any atom is -0.236 e. The summed E-state index contributed by atoms with van der Waals surface area (Å²) in [6, 6.07) is 3.94. The summed E-state index contributed by atoms with van der Waals surface area (Å²) in [7, 11) is 0. The topological polar surface area (TPSA) is 17.8 Å². The number of rotatable bonds is 1. The Morgan fingerprint density at radius 1 is 1.54 bits per heavy atom. The third-order valence-electron chi connectivity index (χ3n) is 1.70. The monoisotopic (exact) mass is 388 g/mol. The van der Waals surface area contributed by atoms with Crippen LogP contribution >= 0.6 is 55.9 Å². The smallest absolute Gasteiger partial charge is 0.0927 e. The Morgan fingerprint density at radius 2 is 2.31 bits per heavy atom. The second-order valence-electron chi connectivity index (χ2n) is 2.44. The van der Waals surface area contributed by atoms with Crippen LogP contribution in [0.15, 0.2) is 22.8 Å². The molecule has 68 valence electrons. The highest BCUT2D eigenvalue weighted by atomic mass is 127. The molecule has 13 heavy (non-hydrogen) atoms. The third kappa shape index (κ3) is 1.74. The number of fused-ring (bicyclic) bond motifs is 1. The quantitative estimate of drug-likeness (QED) is 0.527. The lowest BCUT2D eigenvalue weighted by atomic mass is 10.3. The molecule has 6 heteroatoms. The summed E-state index contributed by atoms with van der Waals surface area (Å²) >= 11 is 11.8. The fraction of sp³-hybridized carbons (Fsp3) is 0. The van der Waals surface area contributed by atoms with Crippen LogP contribution in [0.4, 0.5) is 0 Å². The van der Waals surface area contributed by atoms with Gasteiger partial charge in [-0.3, -0.25) is 0 Å². The second-order valence-corrected chi connectivity index (χ2v) is 5.71. The number of nitrogens with zero attached hydrogens (tertiary/aromatic N) is 2. The molecule has 2 rings (SSSR count). The molecule has 0 amide bonds. The fourth-order valence-corrected chi connectivity index (χ4v) is 3.28. The molecule has 0 spiro atoms. The Kier molecular flexibility index (Phi) is 3.13. The van der Waals surface area contributed by atoms with Gasteiger partial charge >= 0.3 is 0 Å². The molecule has 0 aliphatic carbocycles. The van der Waals surface area contributed by atoms with E-state index in [1.165, 1.54) is 0 Å². The van der Waals surface area contributed by atoms with Gasteiger partial charge in [-0.2, -0.15) is 5.10 Å². The van der Waals surface area contributed by atoms with E-state index in [9.17, 15) is 0 Å². The first-order valence-corrected chi connectivity index (χ1v) is 8.65. The molecule has 0 bridgehead atoms. The van der Waals surface area contributed by atoms with Crippen molar-refractivity contribution < 1.29 is 0 Å². The summed E-state index contributed by atoms with van der Waals surface area (Å²) in [4.78, 5) is 0. The van der Waals surface area contributed by atoms with Crippen LogP contribution in [0.25, 0.3) is 10.9 Å². The predicted octanol–water partition coefficient (Wildman–Crippen LogP) is 4.24. The molecule has 1 unspecified atom stereocenters. The van der Waals surface area contributed by atoms with Crippen LogP contribution in [0.5, 0.6) is 0 Å². The second kappa shape index (κ2) is 4.01. The summed E-state index contributed by atoms with van der Waals surface area (Å²) in [6.07, 6.45) is 2.40. The average molecular weight is 389 g/mol. The van der Waals surface area contributed by atoms with E-state index in [0.717, 1.165) is 20.4 Å². The first-order chi connectivity index (χ1) is 6.24. The predicted molar refractivity (Wildman–Crippen MR) is 70.2 cm³/mol. The standard InChI is InChI=1S/C7H4BrClIN2P/c8-5-2-1-4-3-11-12(13-10)7(4)6(5)9/h1-3,13H. The highest BCUT2D eigenvalue weighted by Crippen LogP contribution is 2.35. The molecule has 0 radical (unpaired) electrons. The summed E-state index contributed by atoms with van der Waals surface area (Å²) in [5.41, 5.74) is 1.00. The average Bonchev–Trinajstić information content (AvgIpc) is 2.55. The zero-order chi connectivity index (χ0) is 9.42. The van der Waals surface area contributed by atoms with Crippen LogP contribution in [0, 0.1) is 0 Å². The number of hydrogen-bond donors (Lipinski definition) is 0. The largest absolute Gasteiger partial charge is 0.236 e. The van der Waals surface area contributed by atoms with Gasteiger partial charge in [-0.25, -0.2) is 4.45 Å². The van der Waals surface area contributed by atoms with Crippen LogP contribution < -0.4 is 0 Å². The van der Waals surface area contributed by atoms with Gasteiger partial charge in [-0.1, -0.05) is 11.6 Å². The molecule has 2 nitrogen and oxygen atoms in total. The molecule has 1 heterocycles. The molecule has 0 fully saturated rings. The summed E-state index contributed by atoms with van der Waals surface area (Å²) in [5, 5.41) is 6.05. The molecule has 1 atom stereocenters. The Labute approximate surface area is 103 Å². The van der Waals surface area contributed by atoms with E-state index < -0.39 is 0 Å². The van der Waals surface area contributed by atoms with Gasteiger partial charge in [-0.05, 0) is 50.1 Å². The summed E-state index contributed by atoms with van der Waals surface area (Å²) < 4.78 is 2.82. The van der Waals surface area contributed by atoms with Gasteiger partial charge in [0.15, 0.2) is 0 Å². The molecular formula is C7H4BrClIN2P. The van der Waals surface area contributed by atoms with Gasteiger partial charge < -0.3 is 0 Å². The van der Waals surface area contributed by atoms with E-state index in [-0.39, 0.29) is 0 Å². The Hall–Kier alpha value is 0.620. The highest BCUT2D eigenvalue weighted by molar-refractivity contribution is 14.2. The number of aromatic nitrogens is 2. The van der Waals surface area contributed by atoms with Gasteiger partial charge in [0.2, 0.25) is 0 Å². The van der Waals surface area contributed by atoms with Crippen LogP contribution in [-0.2, 0) is 0 Å². The summed E-state index contributed by atoms with van der Waals surface area (Å²) in [6.45, 7) is 0. The third-order valence-corrected chi connectivity index (χ3v) is 4.85. The Morgan fingerprint density at radius 3 is 3.00 bits per heavy atom. The lowest BCUT2D eigenvalue weighted by molar-refractivity contribution is 1.04. The number of hydrogen-bond acceptors (Lipinski definition) is 1. The Bertz CT molecular complexity index is 459. The van der Waals surface area contributed by atoms with Crippen LogP contribution in [0.1, 0.15) is 0 Å². The van der Waals surface area contributed by atoms with Crippen molar-refractivity contribution in [3.05, 3.63) is 27.8 Å². The van der Waals surface area contributed by atoms with E-state index in [1.807, 2.05) is 22.8 Å². The molecule has 1 aromatic carbocycles. The van der Waals surface area contributed by atoms with Crippen molar-refractivity contribution in [2.75, 3.05) is 0 Å². The van der Waals surface area contributed by atoms with E-state index in [0.29, 0.717) is 6.37 Å². The minimum absolute atomic E-state index is 0.571. The maximum atomic E-state index is 6.14. The molecule has 2 aromatic rings. The van der Waals surface area contributed by atoms with Crippen molar-refractivity contribution in [3.63, 3.8) is 0 Å². The number of benzene rings is 1. The maximum Gasteiger partial charge on any atom is 0.0927 e. The van der Waals surface area contributed by atoms with E-state index in [2.05, 4.69) is 43.1 Å². The van der Waals surface area contributed by atoms with Crippen LogP contribution in [0.2, 0.25) is 5.02 Å². The zero-order valence-electron chi connectivity index (χ0n) is 6.26. The highest BCUT2D eigenvalue weighted by Gasteiger charge is 2.08. The first kappa shape index (κ1) is 10.1. The van der Waals surface area contributed by atoms with Crippen molar-refractivity contribution in [1.82, 2.24) is 9.55 Å². The van der Waals surface area contributed by atoms with Crippen LogP contribution in [0.3, 0.4) is 0 Å². The first-order valence-electron chi connectivity index (χ1n) is 3.42. The molecule has 0 N–H and O–H groups in total. The molecule has 0 aliphatic rings. The molecule has 0 saturated carbocycles. The van der Waals surface area contributed by atoms with Gasteiger partial charge in [0.05, 0.1) is 23.1 Å². The summed E-state index contributed by atoms with van der Waals surface area (Å²) in [5.74, 6) is 0. The van der Waals surface area contributed by atoms with Crippen molar-refractivity contribution in [2.45, 2.75) is 0 Å². The maximum absolute atomic E-state index is 6.14. The van der Waals surface area contributed by atoms with Crippen molar-refractivity contribution in [1.29, 1.82) is 0 Å². The van der Waals surface area contributed by atoms with Gasteiger partial charge in [-0.15, -0.1) is 0 Å². The van der Waals surface area contributed by atoms with Gasteiger partial charge in [0, 0.05) is 9.86 Å². The molecular weight excluding hydrogens is 385 g/mol. The van der Waals surface area contributed by atoms with Crippen molar-refractivity contribution in [2.24, 2.45) is 0 Å². The van der Waals surface area contributed by atoms with E-state index in [1.54, 1.807) is 0 Å². The van der Waals surface area contributed by atoms with Crippen LogP contribution in [-0.4, -0.2) is 9.55 Å². The lowest BCUT2D eigenvalue weighted by Crippen LogP contribution is -1.83. The lowest BCUT2D eigenvalue weighted by Gasteiger charge is -2.00. The normalized spacial score (nSPS) is 11.9. The number of halogens is 3. The molecule has 0 saturated heterocycles. The van der Waals surface area contributed by atoms with E-state index in [4.69, 9.17) is 11.6 Å². The minimum atomic E-state index is 0.571. The molecule has 1 aromatic heterocycles. The molecule has 0 aliphatic heterocycles. The van der Waals surface area contributed by atoms with Gasteiger partial charge in [0.1, 0.15) is 0 Å². The zero-order valence-corrected chi connectivity index (χ0v) is 11.8. The Balaban J connectivity index is 2.85.